The molecule has 2 N–H and O–H groups in total. The molecule has 1 rings (SSSR count). The van der Waals surface area contributed by atoms with Gasteiger partial charge in [-0.25, -0.2) is 0 Å². The van der Waals surface area contributed by atoms with E-state index in [9.17, 15) is 9.59 Å². The summed E-state index contributed by atoms with van der Waals surface area (Å²) in [6.45, 7) is 2.18. The van der Waals surface area contributed by atoms with Crippen LogP contribution in [-0.2, 0) is 9.59 Å². The highest BCUT2D eigenvalue weighted by atomic mass is 16.4. The maximum Gasteiger partial charge on any atom is 0.303 e. The van der Waals surface area contributed by atoms with E-state index < -0.39 is 11.9 Å². The van der Waals surface area contributed by atoms with Gasteiger partial charge in [0.15, 0.2) is 0 Å². The number of aliphatic carboxylic acids is 2. The van der Waals surface area contributed by atoms with E-state index in [2.05, 4.69) is 6.92 Å². The van der Waals surface area contributed by atoms with Gasteiger partial charge in [0.2, 0.25) is 0 Å². The molecule has 0 heterocycles. The summed E-state index contributed by atoms with van der Waals surface area (Å²) in [6, 6.07) is 0. The first-order valence-corrected chi connectivity index (χ1v) is 6.42. The van der Waals surface area contributed by atoms with Crippen LogP contribution in [0, 0.1) is 17.8 Å². The second kappa shape index (κ2) is 6.62. The SMILES string of the molecule is C[C@@H]1CC[C@@H](CCC(=O)O)C[C@@H]1CCC(=O)O. The smallest absolute Gasteiger partial charge is 0.303 e. The van der Waals surface area contributed by atoms with E-state index in [1.165, 1.54) is 0 Å². The predicted molar refractivity (Wildman–Crippen MR) is 63.7 cm³/mol. The summed E-state index contributed by atoms with van der Waals surface area (Å²) >= 11 is 0. The maximum atomic E-state index is 10.6. The average molecular weight is 242 g/mol. The van der Waals surface area contributed by atoms with Gasteiger partial charge < -0.3 is 10.2 Å². The van der Waals surface area contributed by atoms with Crippen LogP contribution in [0.2, 0.25) is 0 Å². The van der Waals surface area contributed by atoms with Crippen molar-refractivity contribution in [2.75, 3.05) is 0 Å². The number of rotatable bonds is 6. The third kappa shape index (κ3) is 5.20. The Kier molecular flexibility index (Phi) is 5.45. The van der Waals surface area contributed by atoms with Gasteiger partial charge in [-0.2, -0.15) is 0 Å². The van der Waals surface area contributed by atoms with Gasteiger partial charge in [-0.3, -0.25) is 9.59 Å². The topological polar surface area (TPSA) is 74.6 Å². The van der Waals surface area contributed by atoms with Crippen molar-refractivity contribution in [1.82, 2.24) is 0 Å². The van der Waals surface area contributed by atoms with Gasteiger partial charge >= 0.3 is 11.9 Å². The van der Waals surface area contributed by atoms with Crippen LogP contribution in [0.1, 0.15) is 51.9 Å². The monoisotopic (exact) mass is 242 g/mol. The van der Waals surface area contributed by atoms with Crippen LogP contribution < -0.4 is 0 Å². The van der Waals surface area contributed by atoms with E-state index in [1.807, 2.05) is 0 Å². The first-order valence-electron chi connectivity index (χ1n) is 6.42. The van der Waals surface area contributed by atoms with Crippen molar-refractivity contribution in [3.05, 3.63) is 0 Å². The molecule has 1 saturated carbocycles. The van der Waals surface area contributed by atoms with Crippen molar-refractivity contribution >= 4 is 11.9 Å². The van der Waals surface area contributed by atoms with Crippen LogP contribution in [-0.4, -0.2) is 22.2 Å². The van der Waals surface area contributed by atoms with Gasteiger partial charge in [0.1, 0.15) is 0 Å². The van der Waals surface area contributed by atoms with Crippen LogP contribution in [0.15, 0.2) is 0 Å². The Bertz CT molecular complexity index is 275. The van der Waals surface area contributed by atoms with Gasteiger partial charge in [0.25, 0.3) is 0 Å². The Morgan fingerprint density at radius 3 is 2.24 bits per heavy atom. The zero-order chi connectivity index (χ0) is 12.8. The molecule has 0 bridgehead atoms. The molecule has 0 radical (unpaired) electrons. The Morgan fingerprint density at radius 1 is 1.06 bits per heavy atom. The first-order chi connectivity index (χ1) is 7.99. The number of hydrogen-bond donors (Lipinski definition) is 2. The highest BCUT2D eigenvalue weighted by molar-refractivity contribution is 5.66. The third-order valence-corrected chi connectivity index (χ3v) is 3.97. The number of carboxylic acids is 2. The summed E-state index contributed by atoms with van der Waals surface area (Å²) in [4.78, 5) is 21.1. The van der Waals surface area contributed by atoms with E-state index in [0.29, 0.717) is 17.8 Å². The Balaban J connectivity index is 2.36. The number of carbonyl (C=O) groups is 2. The minimum atomic E-state index is -0.732. The largest absolute Gasteiger partial charge is 0.481 e. The van der Waals surface area contributed by atoms with E-state index in [-0.39, 0.29) is 12.8 Å². The van der Waals surface area contributed by atoms with Gasteiger partial charge in [-0.15, -0.1) is 0 Å². The third-order valence-electron chi connectivity index (χ3n) is 3.97. The molecule has 1 fully saturated rings. The fraction of sp³-hybridized carbons (Fsp3) is 0.846. The summed E-state index contributed by atoms with van der Waals surface area (Å²) in [5, 5.41) is 17.4. The van der Waals surface area contributed by atoms with Crippen LogP contribution in [0.4, 0.5) is 0 Å². The molecule has 1 aliphatic carbocycles. The van der Waals surface area contributed by atoms with Crippen molar-refractivity contribution in [3.8, 4) is 0 Å². The molecule has 4 heteroatoms. The van der Waals surface area contributed by atoms with Crippen molar-refractivity contribution in [1.29, 1.82) is 0 Å². The standard InChI is InChI=1S/C13H22O4/c1-9-2-3-10(4-6-12(14)15)8-11(9)5-7-13(16)17/h9-11H,2-8H2,1H3,(H,14,15)(H,16,17)/t9-,10+,11+/m1/s1. The number of hydrogen-bond acceptors (Lipinski definition) is 2. The lowest BCUT2D eigenvalue weighted by molar-refractivity contribution is -0.138. The molecule has 3 atom stereocenters. The molecule has 0 aromatic heterocycles. The van der Waals surface area contributed by atoms with Crippen LogP contribution >= 0.6 is 0 Å². The molecule has 0 saturated heterocycles. The molecule has 0 amide bonds. The molecule has 0 aromatic rings. The molecule has 4 nitrogen and oxygen atoms in total. The minimum absolute atomic E-state index is 0.237. The van der Waals surface area contributed by atoms with Gasteiger partial charge in [-0.05, 0) is 37.0 Å². The first kappa shape index (κ1) is 14.0. The molecule has 98 valence electrons. The fourth-order valence-corrected chi connectivity index (χ4v) is 2.81. The quantitative estimate of drug-likeness (QED) is 0.751. The average Bonchev–Trinajstić information content (AvgIpc) is 2.26. The molecule has 0 aliphatic heterocycles. The summed E-state index contributed by atoms with van der Waals surface area (Å²) in [6.07, 6.45) is 5.16. The van der Waals surface area contributed by atoms with E-state index in [0.717, 1.165) is 32.1 Å². The predicted octanol–water partition coefficient (Wildman–Crippen LogP) is 2.77. The van der Waals surface area contributed by atoms with Crippen LogP contribution in [0.25, 0.3) is 0 Å². The second-order valence-corrected chi connectivity index (χ2v) is 5.28. The van der Waals surface area contributed by atoms with Crippen LogP contribution in [0.5, 0.6) is 0 Å². The summed E-state index contributed by atoms with van der Waals surface area (Å²) < 4.78 is 0. The van der Waals surface area contributed by atoms with Gasteiger partial charge in [0, 0.05) is 12.8 Å². The lowest BCUT2D eigenvalue weighted by atomic mass is 9.72. The molecule has 17 heavy (non-hydrogen) atoms. The van der Waals surface area contributed by atoms with E-state index in [4.69, 9.17) is 10.2 Å². The zero-order valence-corrected chi connectivity index (χ0v) is 10.4. The van der Waals surface area contributed by atoms with Gasteiger partial charge in [-0.1, -0.05) is 19.8 Å². The highest BCUT2D eigenvalue weighted by Gasteiger charge is 2.28. The second-order valence-electron chi connectivity index (χ2n) is 5.28. The summed E-state index contributed by atoms with van der Waals surface area (Å²) in [7, 11) is 0. The zero-order valence-electron chi connectivity index (χ0n) is 10.4. The van der Waals surface area contributed by atoms with E-state index >= 15 is 0 Å². The number of carboxylic acid groups (broad SMARTS) is 2. The Morgan fingerprint density at radius 2 is 1.65 bits per heavy atom. The molecular formula is C13H22O4. The van der Waals surface area contributed by atoms with E-state index in [1.54, 1.807) is 0 Å². The summed E-state index contributed by atoms with van der Waals surface area (Å²) in [5.41, 5.74) is 0. The molecule has 0 spiro atoms. The maximum absolute atomic E-state index is 10.6. The van der Waals surface area contributed by atoms with Crippen LogP contribution in [0.3, 0.4) is 0 Å². The van der Waals surface area contributed by atoms with Crippen molar-refractivity contribution in [2.24, 2.45) is 17.8 Å². The normalized spacial score (nSPS) is 28.9. The van der Waals surface area contributed by atoms with Crippen molar-refractivity contribution < 1.29 is 19.8 Å². The molecule has 1 aliphatic rings. The molecular weight excluding hydrogens is 220 g/mol. The van der Waals surface area contributed by atoms with Gasteiger partial charge in [0.05, 0.1) is 0 Å². The minimum Gasteiger partial charge on any atom is -0.481 e. The summed E-state index contributed by atoms with van der Waals surface area (Å²) in [5.74, 6) is 0.0470. The Labute approximate surface area is 102 Å². The fourth-order valence-electron chi connectivity index (χ4n) is 2.81. The molecule has 0 unspecified atom stereocenters. The van der Waals surface area contributed by atoms with Crippen molar-refractivity contribution in [3.63, 3.8) is 0 Å². The lowest BCUT2D eigenvalue weighted by Gasteiger charge is -2.34. The van der Waals surface area contributed by atoms with Crippen molar-refractivity contribution in [2.45, 2.75) is 51.9 Å². The Hall–Kier alpha value is -1.06. The molecule has 0 aromatic carbocycles. The lowest BCUT2D eigenvalue weighted by Crippen LogP contribution is -2.24. The highest BCUT2D eigenvalue weighted by Crippen LogP contribution is 2.38.